The third-order valence-electron chi connectivity index (χ3n) is 4.53. The third-order valence-corrected chi connectivity index (χ3v) is 4.53. The molecule has 0 aromatic heterocycles. The zero-order valence-corrected chi connectivity index (χ0v) is 12.8. The summed E-state index contributed by atoms with van der Waals surface area (Å²) in [6.07, 6.45) is 0.0877. The van der Waals surface area contributed by atoms with Crippen LogP contribution in [0, 0.1) is 5.92 Å². The minimum atomic E-state index is -4.42. The number of hydrogen-bond donors (Lipinski definition) is 1. The molecule has 1 saturated heterocycles. The lowest BCUT2D eigenvalue weighted by Crippen LogP contribution is -2.16. The summed E-state index contributed by atoms with van der Waals surface area (Å²) in [6.45, 7) is 0.582. The second-order valence-corrected chi connectivity index (χ2v) is 6.43. The molecule has 1 aliphatic carbocycles. The number of halogens is 3. The van der Waals surface area contributed by atoms with Gasteiger partial charge in [0, 0.05) is 13.0 Å². The van der Waals surface area contributed by atoms with Crippen molar-refractivity contribution in [1.29, 1.82) is 0 Å². The van der Waals surface area contributed by atoms with E-state index in [-0.39, 0.29) is 23.7 Å². The summed E-state index contributed by atoms with van der Waals surface area (Å²) in [5.74, 6) is 0.0714. The van der Waals surface area contributed by atoms with Crippen LogP contribution in [-0.4, -0.2) is 18.6 Å². The van der Waals surface area contributed by atoms with Crippen LogP contribution in [0.3, 0.4) is 0 Å². The lowest BCUT2D eigenvalue weighted by molar-refractivity contribution is -0.139. The van der Waals surface area contributed by atoms with Gasteiger partial charge in [0.1, 0.15) is 5.75 Å². The number of alkyl halides is 3. The maximum Gasteiger partial charge on any atom is 0.419 e. The molecule has 3 nitrogen and oxygen atoms in total. The van der Waals surface area contributed by atoms with Gasteiger partial charge in [-0.3, -0.25) is 4.79 Å². The van der Waals surface area contributed by atoms with E-state index < -0.39 is 11.7 Å². The average Bonchev–Trinajstić information content (AvgIpc) is 3.10. The Balaban J connectivity index is 1.80. The zero-order chi connectivity index (χ0) is 16.4. The molecule has 126 valence electrons. The van der Waals surface area contributed by atoms with Crippen molar-refractivity contribution in [2.75, 3.05) is 6.54 Å². The highest BCUT2D eigenvalue weighted by molar-refractivity contribution is 5.78. The normalized spacial score (nSPS) is 22.4. The minimum Gasteiger partial charge on any atom is -0.490 e. The first-order valence-electron chi connectivity index (χ1n) is 8.05. The van der Waals surface area contributed by atoms with Gasteiger partial charge in [-0.25, -0.2) is 0 Å². The Labute approximate surface area is 133 Å². The fraction of sp³-hybridized carbons (Fsp3) is 0.588. The molecule has 1 amide bonds. The summed E-state index contributed by atoms with van der Waals surface area (Å²) in [4.78, 5) is 11.2. The van der Waals surface area contributed by atoms with E-state index in [0.717, 1.165) is 37.3 Å². The first-order valence-corrected chi connectivity index (χ1v) is 8.05. The van der Waals surface area contributed by atoms with Crippen molar-refractivity contribution in [2.24, 2.45) is 5.92 Å². The van der Waals surface area contributed by atoms with E-state index in [4.69, 9.17) is 4.74 Å². The van der Waals surface area contributed by atoms with Crippen LogP contribution in [0.4, 0.5) is 13.2 Å². The standard InChI is InChI=1S/C17H20F3NO2/c18-17(19,20)14-6-5-11(7-12-9-16(22)21-10-12)8-15(14)23-13-3-1-2-4-13/h5-6,8,12-13H,1-4,7,9-10H2,(H,21,22)/t12-/m0/s1. The van der Waals surface area contributed by atoms with E-state index in [9.17, 15) is 18.0 Å². The first-order chi connectivity index (χ1) is 10.9. The highest BCUT2D eigenvalue weighted by Gasteiger charge is 2.35. The Morgan fingerprint density at radius 3 is 2.57 bits per heavy atom. The van der Waals surface area contributed by atoms with E-state index in [1.54, 1.807) is 0 Å². The van der Waals surface area contributed by atoms with Gasteiger partial charge >= 0.3 is 6.18 Å². The Hall–Kier alpha value is -1.72. The quantitative estimate of drug-likeness (QED) is 0.915. The molecule has 6 heteroatoms. The monoisotopic (exact) mass is 327 g/mol. The lowest BCUT2D eigenvalue weighted by Gasteiger charge is -2.19. The van der Waals surface area contributed by atoms with E-state index in [1.165, 1.54) is 12.1 Å². The van der Waals surface area contributed by atoms with E-state index >= 15 is 0 Å². The molecule has 1 aromatic carbocycles. The molecule has 3 rings (SSSR count). The minimum absolute atomic E-state index is 0.00402. The summed E-state index contributed by atoms with van der Waals surface area (Å²) in [6, 6.07) is 4.10. The van der Waals surface area contributed by atoms with Crippen LogP contribution in [-0.2, 0) is 17.4 Å². The number of nitrogens with one attached hydrogen (secondary N) is 1. The second-order valence-electron chi connectivity index (χ2n) is 6.43. The molecule has 0 unspecified atom stereocenters. The van der Waals surface area contributed by atoms with E-state index in [1.807, 2.05) is 0 Å². The number of hydrogen-bond acceptors (Lipinski definition) is 2. The van der Waals surface area contributed by atoms with Gasteiger partial charge in [0.15, 0.2) is 0 Å². The van der Waals surface area contributed by atoms with Crippen molar-refractivity contribution in [2.45, 2.75) is 50.8 Å². The topological polar surface area (TPSA) is 38.3 Å². The van der Waals surface area contributed by atoms with Gasteiger partial charge in [0.25, 0.3) is 0 Å². The summed E-state index contributed by atoms with van der Waals surface area (Å²) in [5, 5.41) is 2.75. The Kier molecular flexibility index (Phi) is 4.50. The molecular formula is C17H20F3NO2. The second kappa shape index (κ2) is 6.42. The van der Waals surface area contributed by atoms with Crippen molar-refractivity contribution in [1.82, 2.24) is 5.32 Å². The molecule has 1 aromatic rings. The highest BCUT2D eigenvalue weighted by Crippen LogP contribution is 2.38. The van der Waals surface area contributed by atoms with Crippen molar-refractivity contribution in [3.05, 3.63) is 29.3 Å². The van der Waals surface area contributed by atoms with Crippen molar-refractivity contribution in [3.8, 4) is 5.75 Å². The number of carbonyl (C=O) groups excluding carboxylic acids is 1. The molecule has 0 spiro atoms. The molecule has 2 fully saturated rings. The SMILES string of the molecule is O=C1C[C@H](Cc2ccc(C(F)(F)F)c(OC3CCCC3)c2)CN1. The maximum atomic E-state index is 13.2. The smallest absolute Gasteiger partial charge is 0.419 e. The number of amides is 1. The van der Waals surface area contributed by atoms with Crippen LogP contribution < -0.4 is 10.1 Å². The highest BCUT2D eigenvalue weighted by atomic mass is 19.4. The van der Waals surface area contributed by atoms with Crippen LogP contribution in [0.15, 0.2) is 18.2 Å². The summed E-state index contributed by atoms with van der Waals surface area (Å²) >= 11 is 0. The third kappa shape index (κ3) is 3.98. The maximum absolute atomic E-state index is 13.2. The molecule has 0 bridgehead atoms. The van der Waals surface area contributed by atoms with Crippen LogP contribution >= 0.6 is 0 Å². The van der Waals surface area contributed by atoms with Gasteiger partial charge in [0.05, 0.1) is 11.7 Å². The van der Waals surface area contributed by atoms with Crippen LogP contribution in [0.1, 0.15) is 43.2 Å². The van der Waals surface area contributed by atoms with Gasteiger partial charge in [-0.15, -0.1) is 0 Å². The fourth-order valence-corrected chi connectivity index (χ4v) is 3.35. The Bertz CT molecular complexity index is 580. The molecule has 2 aliphatic rings. The molecule has 0 radical (unpaired) electrons. The van der Waals surface area contributed by atoms with E-state index in [0.29, 0.717) is 19.4 Å². The number of benzene rings is 1. The van der Waals surface area contributed by atoms with Gasteiger partial charge in [-0.05, 0) is 55.7 Å². The van der Waals surface area contributed by atoms with Crippen LogP contribution in [0.25, 0.3) is 0 Å². The Morgan fingerprint density at radius 2 is 1.96 bits per heavy atom. The van der Waals surface area contributed by atoms with Crippen LogP contribution in [0.2, 0.25) is 0 Å². The molecule has 1 heterocycles. The number of carbonyl (C=O) groups is 1. The van der Waals surface area contributed by atoms with E-state index in [2.05, 4.69) is 5.32 Å². The predicted molar refractivity (Wildman–Crippen MR) is 79.1 cm³/mol. The number of ether oxygens (including phenoxy) is 1. The summed E-state index contributed by atoms with van der Waals surface area (Å²) in [5.41, 5.74) is 0.0706. The van der Waals surface area contributed by atoms with Gasteiger partial charge < -0.3 is 10.1 Å². The lowest BCUT2D eigenvalue weighted by atomic mass is 9.97. The molecule has 1 saturated carbocycles. The summed E-state index contributed by atoms with van der Waals surface area (Å²) < 4.78 is 45.2. The van der Waals surface area contributed by atoms with Gasteiger partial charge in [0.2, 0.25) is 5.91 Å². The molecule has 1 atom stereocenters. The summed E-state index contributed by atoms with van der Waals surface area (Å²) in [7, 11) is 0. The molecule has 1 aliphatic heterocycles. The van der Waals surface area contributed by atoms with Crippen LogP contribution in [0.5, 0.6) is 5.75 Å². The molecular weight excluding hydrogens is 307 g/mol. The zero-order valence-electron chi connectivity index (χ0n) is 12.8. The predicted octanol–water partition coefficient (Wildman–Crippen LogP) is 3.71. The van der Waals surface area contributed by atoms with Crippen molar-refractivity contribution in [3.63, 3.8) is 0 Å². The number of rotatable bonds is 4. The first kappa shape index (κ1) is 16.1. The average molecular weight is 327 g/mol. The Morgan fingerprint density at radius 1 is 1.22 bits per heavy atom. The van der Waals surface area contributed by atoms with Gasteiger partial charge in [-0.1, -0.05) is 6.07 Å². The van der Waals surface area contributed by atoms with Crippen molar-refractivity contribution < 1.29 is 22.7 Å². The molecule has 23 heavy (non-hydrogen) atoms. The fourth-order valence-electron chi connectivity index (χ4n) is 3.35. The largest absolute Gasteiger partial charge is 0.490 e. The molecule has 1 N–H and O–H groups in total. The van der Waals surface area contributed by atoms with Crippen molar-refractivity contribution >= 4 is 5.91 Å². The van der Waals surface area contributed by atoms with Gasteiger partial charge in [-0.2, -0.15) is 13.2 Å².